The summed E-state index contributed by atoms with van der Waals surface area (Å²) in [5.41, 5.74) is 0. The molecule has 0 aromatic rings. The lowest BCUT2D eigenvalue weighted by atomic mass is 10.1. The van der Waals surface area contributed by atoms with Crippen LogP contribution in [0, 0.1) is 0 Å². The van der Waals surface area contributed by atoms with Crippen molar-refractivity contribution in [3.05, 3.63) is 0 Å². The second-order valence-corrected chi connectivity index (χ2v) is 1.88. The van der Waals surface area contributed by atoms with Crippen LogP contribution in [0.25, 0.3) is 0 Å². The molecular weight excluding hydrogens is 152 g/mol. The van der Waals surface area contributed by atoms with Crippen molar-refractivity contribution in [3.63, 3.8) is 0 Å². The van der Waals surface area contributed by atoms with Crippen LogP contribution in [0.5, 0.6) is 0 Å². The Balaban J connectivity index is 4.07. The van der Waals surface area contributed by atoms with Gasteiger partial charge in [-0.05, 0) is 0 Å². The smallest absolute Gasteiger partial charge is 0.372 e. The van der Waals surface area contributed by atoms with Gasteiger partial charge in [0.05, 0.1) is 6.42 Å². The number of carboxylic acids is 1. The highest BCUT2D eigenvalue weighted by Crippen LogP contribution is 1.87. The van der Waals surface area contributed by atoms with Crippen LogP contribution in [-0.4, -0.2) is 28.4 Å². The van der Waals surface area contributed by atoms with Crippen molar-refractivity contribution in [1.82, 2.24) is 0 Å². The summed E-state index contributed by atoms with van der Waals surface area (Å²) in [5.74, 6) is -4.73. The van der Waals surface area contributed by atoms with Gasteiger partial charge in [0.25, 0.3) is 0 Å². The number of aliphatic carboxylic acids is 1. The highest BCUT2D eigenvalue weighted by Gasteiger charge is 2.18. The van der Waals surface area contributed by atoms with E-state index in [0.29, 0.717) is 0 Å². The SMILES string of the molecule is CC(=O)C(=O)CC(=O)C(=O)O. The van der Waals surface area contributed by atoms with Crippen molar-refractivity contribution in [3.8, 4) is 0 Å². The first-order valence-corrected chi connectivity index (χ1v) is 2.75. The van der Waals surface area contributed by atoms with Gasteiger partial charge in [0, 0.05) is 6.92 Å². The summed E-state index contributed by atoms with van der Waals surface area (Å²) in [7, 11) is 0. The maximum absolute atomic E-state index is 10.4. The summed E-state index contributed by atoms with van der Waals surface area (Å²) in [6.45, 7) is 0.984. The fourth-order valence-corrected chi connectivity index (χ4v) is 0.346. The molecule has 1 N–H and O–H groups in total. The fraction of sp³-hybridized carbons (Fsp3) is 0.333. The Morgan fingerprint density at radius 3 is 1.82 bits per heavy atom. The van der Waals surface area contributed by atoms with Crippen molar-refractivity contribution >= 4 is 23.3 Å². The van der Waals surface area contributed by atoms with Gasteiger partial charge in [0.15, 0.2) is 5.78 Å². The Bertz CT molecular complexity index is 203. The zero-order chi connectivity index (χ0) is 9.02. The molecule has 5 heteroatoms. The highest BCUT2D eigenvalue weighted by atomic mass is 16.4. The summed E-state index contributed by atoms with van der Waals surface area (Å²) >= 11 is 0. The van der Waals surface area contributed by atoms with E-state index in [4.69, 9.17) is 5.11 Å². The van der Waals surface area contributed by atoms with E-state index in [1.807, 2.05) is 0 Å². The lowest BCUT2D eigenvalue weighted by molar-refractivity contribution is -0.150. The maximum atomic E-state index is 10.4. The van der Waals surface area contributed by atoms with E-state index in [2.05, 4.69) is 0 Å². The van der Waals surface area contributed by atoms with Crippen LogP contribution < -0.4 is 0 Å². The van der Waals surface area contributed by atoms with Crippen molar-refractivity contribution < 1.29 is 24.3 Å². The predicted octanol–water partition coefficient (Wildman–Crippen LogP) is -0.812. The molecule has 11 heavy (non-hydrogen) atoms. The summed E-state index contributed by atoms with van der Waals surface area (Å²) in [5, 5.41) is 8.00. The molecule has 0 radical (unpaired) electrons. The molecule has 0 saturated carbocycles. The molecule has 0 aliphatic rings. The molecular formula is C6H6O5. The van der Waals surface area contributed by atoms with Crippen LogP contribution >= 0.6 is 0 Å². The quantitative estimate of drug-likeness (QED) is 0.427. The van der Waals surface area contributed by atoms with Gasteiger partial charge in [0.1, 0.15) is 0 Å². The number of carbonyl (C=O) groups is 4. The van der Waals surface area contributed by atoms with Crippen molar-refractivity contribution in [2.45, 2.75) is 13.3 Å². The molecule has 0 unspecified atom stereocenters. The normalized spacial score (nSPS) is 8.82. The molecule has 0 aromatic heterocycles. The Morgan fingerprint density at radius 2 is 1.55 bits per heavy atom. The largest absolute Gasteiger partial charge is 0.475 e. The molecule has 0 rings (SSSR count). The number of carbonyl (C=O) groups excluding carboxylic acids is 3. The van der Waals surface area contributed by atoms with Crippen LogP contribution in [-0.2, 0) is 19.2 Å². The van der Waals surface area contributed by atoms with Gasteiger partial charge >= 0.3 is 5.97 Å². The molecule has 60 valence electrons. The second-order valence-electron chi connectivity index (χ2n) is 1.88. The molecule has 0 amide bonds. The lowest BCUT2D eigenvalue weighted by Crippen LogP contribution is -2.20. The molecule has 0 heterocycles. The molecule has 5 nitrogen and oxygen atoms in total. The number of ketones is 3. The third kappa shape index (κ3) is 3.24. The Labute approximate surface area is 62.0 Å². The van der Waals surface area contributed by atoms with E-state index in [0.717, 1.165) is 6.92 Å². The Hall–Kier alpha value is -1.52. The van der Waals surface area contributed by atoms with Crippen molar-refractivity contribution in [2.75, 3.05) is 0 Å². The molecule has 0 aromatic carbocycles. The molecule has 0 saturated heterocycles. The van der Waals surface area contributed by atoms with E-state index < -0.39 is 29.7 Å². The summed E-state index contributed by atoms with van der Waals surface area (Å²) < 4.78 is 0. The molecule has 0 bridgehead atoms. The number of hydrogen-bond acceptors (Lipinski definition) is 4. The fourth-order valence-electron chi connectivity index (χ4n) is 0.346. The van der Waals surface area contributed by atoms with Crippen molar-refractivity contribution in [2.24, 2.45) is 0 Å². The topological polar surface area (TPSA) is 88.5 Å². The zero-order valence-corrected chi connectivity index (χ0v) is 5.79. The standard InChI is InChI=1S/C6H6O5/c1-3(7)4(8)2-5(9)6(10)11/h2H2,1H3,(H,10,11). The second kappa shape index (κ2) is 3.60. The first-order chi connectivity index (χ1) is 4.95. The van der Waals surface area contributed by atoms with Crippen LogP contribution in [0.4, 0.5) is 0 Å². The van der Waals surface area contributed by atoms with Gasteiger partial charge in [-0.1, -0.05) is 0 Å². The Kier molecular flexibility index (Phi) is 3.10. The first-order valence-electron chi connectivity index (χ1n) is 2.75. The molecule has 0 fully saturated rings. The first kappa shape index (κ1) is 9.48. The number of rotatable bonds is 4. The predicted molar refractivity (Wildman–Crippen MR) is 32.9 cm³/mol. The number of Topliss-reactive ketones (excluding diaryl/α,β-unsaturated/α-hetero) is 3. The van der Waals surface area contributed by atoms with Crippen molar-refractivity contribution in [1.29, 1.82) is 0 Å². The van der Waals surface area contributed by atoms with E-state index in [1.54, 1.807) is 0 Å². The van der Waals surface area contributed by atoms with Gasteiger partial charge in [-0.25, -0.2) is 4.79 Å². The zero-order valence-electron chi connectivity index (χ0n) is 5.79. The third-order valence-corrected chi connectivity index (χ3v) is 0.952. The van der Waals surface area contributed by atoms with E-state index in [1.165, 1.54) is 0 Å². The van der Waals surface area contributed by atoms with Gasteiger partial charge < -0.3 is 5.11 Å². The van der Waals surface area contributed by atoms with Gasteiger partial charge in [-0.15, -0.1) is 0 Å². The lowest BCUT2D eigenvalue weighted by Gasteiger charge is -1.89. The van der Waals surface area contributed by atoms with E-state index in [-0.39, 0.29) is 0 Å². The van der Waals surface area contributed by atoms with Crippen LogP contribution in [0.1, 0.15) is 13.3 Å². The number of carboxylic acid groups (broad SMARTS) is 1. The minimum atomic E-state index is -1.69. The van der Waals surface area contributed by atoms with Crippen LogP contribution in [0.2, 0.25) is 0 Å². The van der Waals surface area contributed by atoms with Crippen LogP contribution in [0.3, 0.4) is 0 Å². The molecule has 0 spiro atoms. The van der Waals surface area contributed by atoms with Crippen LogP contribution in [0.15, 0.2) is 0 Å². The molecule has 0 aliphatic heterocycles. The minimum absolute atomic E-state index is 0.806. The van der Waals surface area contributed by atoms with Gasteiger partial charge in [-0.2, -0.15) is 0 Å². The molecule has 0 atom stereocenters. The third-order valence-electron chi connectivity index (χ3n) is 0.952. The summed E-state index contributed by atoms with van der Waals surface area (Å²) in [6.07, 6.45) is -0.843. The minimum Gasteiger partial charge on any atom is -0.475 e. The average Bonchev–Trinajstić information content (AvgIpc) is 1.87. The summed E-state index contributed by atoms with van der Waals surface area (Å²) in [6, 6.07) is 0. The summed E-state index contributed by atoms with van der Waals surface area (Å²) in [4.78, 5) is 40.8. The molecule has 0 aliphatic carbocycles. The Morgan fingerprint density at radius 1 is 1.09 bits per heavy atom. The van der Waals surface area contributed by atoms with E-state index >= 15 is 0 Å². The van der Waals surface area contributed by atoms with Gasteiger partial charge in [-0.3, -0.25) is 14.4 Å². The maximum Gasteiger partial charge on any atom is 0.372 e. The monoisotopic (exact) mass is 158 g/mol. The van der Waals surface area contributed by atoms with Gasteiger partial charge in [0.2, 0.25) is 11.6 Å². The highest BCUT2D eigenvalue weighted by molar-refractivity contribution is 6.46. The average molecular weight is 158 g/mol. The van der Waals surface area contributed by atoms with E-state index in [9.17, 15) is 19.2 Å². The number of hydrogen-bond donors (Lipinski definition) is 1.